The summed E-state index contributed by atoms with van der Waals surface area (Å²) in [7, 11) is 0. The molecule has 1 aromatic heterocycles. The van der Waals surface area contributed by atoms with E-state index >= 15 is 0 Å². The molecule has 1 aliphatic carbocycles. The molecule has 92 valence electrons. The summed E-state index contributed by atoms with van der Waals surface area (Å²) in [5, 5.41) is 3.10. The molecule has 17 heavy (non-hydrogen) atoms. The molecule has 0 saturated heterocycles. The minimum Gasteiger partial charge on any atom is -0.383 e. The van der Waals surface area contributed by atoms with Gasteiger partial charge in [-0.3, -0.25) is 4.79 Å². The van der Waals surface area contributed by atoms with Crippen LogP contribution in [-0.2, 0) is 4.79 Å². The normalized spacial score (nSPS) is 16.5. The van der Waals surface area contributed by atoms with Crippen molar-refractivity contribution in [3.05, 3.63) is 6.07 Å². The maximum Gasteiger partial charge on any atom is 0.233 e. The standard InChI is InChI=1S/C10H15N5OS/c1-5(9(16)13-6-2-3-6)17-10-14-7(11)4-8(12)15-10/h4-6H,2-3H2,1H3,(H,13,16)(H4,11,12,14,15). The van der Waals surface area contributed by atoms with Gasteiger partial charge in [-0.25, -0.2) is 9.97 Å². The lowest BCUT2D eigenvalue weighted by atomic mass is 10.4. The van der Waals surface area contributed by atoms with E-state index in [4.69, 9.17) is 11.5 Å². The topological polar surface area (TPSA) is 107 Å². The molecule has 6 nitrogen and oxygen atoms in total. The molecule has 0 bridgehead atoms. The van der Waals surface area contributed by atoms with Crippen LogP contribution < -0.4 is 16.8 Å². The SMILES string of the molecule is CC(Sc1nc(N)cc(N)n1)C(=O)NC1CC1. The molecule has 1 fully saturated rings. The Morgan fingerprint density at radius 1 is 1.47 bits per heavy atom. The molecular weight excluding hydrogens is 238 g/mol. The lowest BCUT2D eigenvalue weighted by molar-refractivity contribution is -0.120. The Morgan fingerprint density at radius 3 is 2.59 bits per heavy atom. The molecule has 0 aromatic carbocycles. The number of nitrogen functional groups attached to an aromatic ring is 2. The van der Waals surface area contributed by atoms with Gasteiger partial charge in [-0.05, 0) is 19.8 Å². The van der Waals surface area contributed by atoms with Gasteiger partial charge in [0.1, 0.15) is 11.6 Å². The molecule has 1 unspecified atom stereocenters. The summed E-state index contributed by atoms with van der Waals surface area (Å²) in [5.41, 5.74) is 11.1. The molecule has 1 atom stereocenters. The highest BCUT2D eigenvalue weighted by Crippen LogP contribution is 2.24. The zero-order chi connectivity index (χ0) is 12.4. The van der Waals surface area contributed by atoms with Crippen molar-refractivity contribution in [2.75, 3.05) is 11.5 Å². The first-order valence-corrected chi connectivity index (χ1v) is 6.29. The summed E-state index contributed by atoms with van der Waals surface area (Å²) in [4.78, 5) is 19.8. The van der Waals surface area contributed by atoms with Crippen LogP contribution in [-0.4, -0.2) is 27.2 Å². The van der Waals surface area contributed by atoms with Crippen molar-refractivity contribution in [2.45, 2.75) is 36.2 Å². The molecule has 0 radical (unpaired) electrons. The maximum absolute atomic E-state index is 11.7. The predicted molar refractivity (Wildman–Crippen MR) is 67.3 cm³/mol. The van der Waals surface area contributed by atoms with Crippen LogP contribution in [0.3, 0.4) is 0 Å². The van der Waals surface area contributed by atoms with E-state index in [1.165, 1.54) is 17.8 Å². The van der Waals surface area contributed by atoms with Crippen LogP contribution in [0, 0.1) is 0 Å². The average Bonchev–Trinajstić information content (AvgIpc) is 2.99. The van der Waals surface area contributed by atoms with Crippen molar-refractivity contribution < 1.29 is 4.79 Å². The number of carbonyl (C=O) groups is 1. The van der Waals surface area contributed by atoms with Gasteiger partial charge in [-0.1, -0.05) is 11.8 Å². The van der Waals surface area contributed by atoms with Crippen LogP contribution >= 0.6 is 11.8 Å². The van der Waals surface area contributed by atoms with Crippen LogP contribution in [0.4, 0.5) is 11.6 Å². The molecule has 1 heterocycles. The average molecular weight is 253 g/mol. The Labute approximate surface area is 104 Å². The fraction of sp³-hybridized carbons (Fsp3) is 0.500. The first kappa shape index (κ1) is 12.0. The number of nitrogens with zero attached hydrogens (tertiary/aromatic N) is 2. The first-order valence-electron chi connectivity index (χ1n) is 5.41. The second kappa shape index (κ2) is 4.79. The van der Waals surface area contributed by atoms with Gasteiger partial charge in [-0.2, -0.15) is 0 Å². The summed E-state index contributed by atoms with van der Waals surface area (Å²) in [6.45, 7) is 1.81. The van der Waals surface area contributed by atoms with Gasteiger partial charge in [0.15, 0.2) is 5.16 Å². The number of anilines is 2. The highest BCUT2D eigenvalue weighted by molar-refractivity contribution is 8.00. The molecule has 0 aliphatic heterocycles. The van der Waals surface area contributed by atoms with E-state index in [-0.39, 0.29) is 11.2 Å². The quantitative estimate of drug-likeness (QED) is 0.529. The van der Waals surface area contributed by atoms with Crippen LogP contribution in [0.5, 0.6) is 0 Å². The van der Waals surface area contributed by atoms with E-state index in [1.54, 1.807) is 0 Å². The second-order valence-electron chi connectivity index (χ2n) is 4.04. The summed E-state index contributed by atoms with van der Waals surface area (Å²) >= 11 is 1.26. The highest BCUT2D eigenvalue weighted by atomic mass is 32.2. The number of carbonyl (C=O) groups excluding carboxylic acids is 1. The molecule has 2 rings (SSSR count). The molecule has 1 amide bonds. The second-order valence-corrected chi connectivity index (χ2v) is 5.35. The van der Waals surface area contributed by atoms with Gasteiger partial charge >= 0.3 is 0 Å². The van der Waals surface area contributed by atoms with Gasteiger partial charge in [0.05, 0.1) is 5.25 Å². The zero-order valence-corrected chi connectivity index (χ0v) is 10.3. The highest BCUT2D eigenvalue weighted by Gasteiger charge is 2.26. The van der Waals surface area contributed by atoms with Crippen molar-refractivity contribution in [1.82, 2.24) is 15.3 Å². The van der Waals surface area contributed by atoms with Crippen molar-refractivity contribution >= 4 is 29.3 Å². The number of nitrogens with one attached hydrogen (secondary N) is 1. The Hall–Kier alpha value is -1.50. The molecule has 1 aliphatic rings. The van der Waals surface area contributed by atoms with Gasteiger partial charge in [0.25, 0.3) is 0 Å². The van der Waals surface area contributed by atoms with Crippen LogP contribution in [0.15, 0.2) is 11.2 Å². The lowest BCUT2D eigenvalue weighted by Gasteiger charge is -2.10. The fourth-order valence-electron chi connectivity index (χ4n) is 1.27. The number of nitrogens with two attached hydrogens (primary N) is 2. The lowest BCUT2D eigenvalue weighted by Crippen LogP contribution is -2.32. The van der Waals surface area contributed by atoms with E-state index < -0.39 is 0 Å². The zero-order valence-electron chi connectivity index (χ0n) is 9.51. The largest absolute Gasteiger partial charge is 0.383 e. The van der Waals surface area contributed by atoms with Crippen LogP contribution in [0.25, 0.3) is 0 Å². The van der Waals surface area contributed by atoms with E-state index in [0.717, 1.165) is 12.8 Å². The minimum atomic E-state index is -0.253. The number of amides is 1. The van der Waals surface area contributed by atoms with Crippen molar-refractivity contribution in [2.24, 2.45) is 0 Å². The molecule has 7 heteroatoms. The summed E-state index contributed by atoms with van der Waals surface area (Å²) in [5.74, 6) is 0.631. The summed E-state index contributed by atoms with van der Waals surface area (Å²) in [6.07, 6.45) is 2.15. The van der Waals surface area contributed by atoms with Gasteiger partial charge in [-0.15, -0.1) is 0 Å². The molecular formula is C10H15N5OS. The number of hydrogen-bond donors (Lipinski definition) is 3. The Bertz CT molecular complexity index is 414. The third-order valence-corrected chi connectivity index (χ3v) is 3.28. The molecule has 1 aromatic rings. The Balaban J connectivity index is 1.96. The minimum absolute atomic E-state index is 0.00194. The third-order valence-electron chi connectivity index (χ3n) is 2.32. The van der Waals surface area contributed by atoms with Crippen LogP contribution in [0.1, 0.15) is 19.8 Å². The molecule has 0 spiro atoms. The number of thioether (sulfide) groups is 1. The van der Waals surface area contributed by atoms with E-state index in [2.05, 4.69) is 15.3 Å². The van der Waals surface area contributed by atoms with E-state index in [1.807, 2.05) is 6.92 Å². The number of rotatable bonds is 4. The molecule has 5 N–H and O–H groups in total. The van der Waals surface area contributed by atoms with Gasteiger partial charge in [0.2, 0.25) is 5.91 Å². The Morgan fingerprint density at radius 2 is 2.06 bits per heavy atom. The predicted octanol–water partition coefficient (Wildman–Crippen LogP) is 0.400. The summed E-state index contributed by atoms with van der Waals surface area (Å²) < 4.78 is 0. The number of aromatic nitrogens is 2. The molecule has 1 saturated carbocycles. The summed E-state index contributed by atoms with van der Waals surface area (Å²) in [6, 6.07) is 1.84. The van der Waals surface area contributed by atoms with E-state index in [0.29, 0.717) is 22.8 Å². The fourth-order valence-corrected chi connectivity index (χ4v) is 2.08. The van der Waals surface area contributed by atoms with Gasteiger partial charge < -0.3 is 16.8 Å². The Kier molecular flexibility index (Phi) is 3.37. The first-order chi connectivity index (χ1) is 8.04. The van der Waals surface area contributed by atoms with E-state index in [9.17, 15) is 4.79 Å². The monoisotopic (exact) mass is 253 g/mol. The van der Waals surface area contributed by atoms with Crippen molar-refractivity contribution in [3.8, 4) is 0 Å². The van der Waals surface area contributed by atoms with Gasteiger partial charge in [0, 0.05) is 12.1 Å². The van der Waals surface area contributed by atoms with Crippen molar-refractivity contribution in [1.29, 1.82) is 0 Å². The number of hydrogen-bond acceptors (Lipinski definition) is 6. The van der Waals surface area contributed by atoms with Crippen LogP contribution in [0.2, 0.25) is 0 Å². The smallest absolute Gasteiger partial charge is 0.233 e. The third kappa shape index (κ3) is 3.48. The maximum atomic E-state index is 11.7. The van der Waals surface area contributed by atoms with Crippen molar-refractivity contribution in [3.63, 3.8) is 0 Å².